The van der Waals surface area contributed by atoms with Crippen LogP contribution in [0.3, 0.4) is 0 Å². The van der Waals surface area contributed by atoms with Gasteiger partial charge in [-0.1, -0.05) is 0 Å². The first-order chi connectivity index (χ1) is 8.45. The van der Waals surface area contributed by atoms with Crippen LogP contribution in [0.5, 0.6) is 0 Å². The van der Waals surface area contributed by atoms with Crippen LogP contribution in [-0.2, 0) is 9.47 Å². The second-order valence-electron chi connectivity index (χ2n) is 3.59. The van der Waals surface area contributed by atoms with Crippen molar-refractivity contribution < 1.29 is 23.6 Å². The van der Waals surface area contributed by atoms with E-state index in [1.807, 2.05) is 0 Å². The number of nitrogens with zero attached hydrogens (tertiary/aromatic N) is 1. The van der Waals surface area contributed by atoms with Crippen molar-refractivity contribution in [2.24, 2.45) is 0 Å². The van der Waals surface area contributed by atoms with Crippen LogP contribution in [-0.4, -0.2) is 30.7 Å². The lowest BCUT2D eigenvalue weighted by atomic mass is 10.2. The van der Waals surface area contributed by atoms with Crippen molar-refractivity contribution in [3.63, 3.8) is 0 Å². The summed E-state index contributed by atoms with van der Waals surface area (Å²) in [4.78, 5) is 21.1. The molecule has 0 radical (unpaired) electrons. The highest BCUT2D eigenvalue weighted by Gasteiger charge is 2.18. The Kier molecular flexibility index (Phi) is 4.73. The number of halogens is 1. The minimum absolute atomic E-state index is 0.0824. The minimum atomic E-state index is -1.08. The Morgan fingerprint density at radius 1 is 1.56 bits per heavy atom. The number of rotatable bonds is 5. The van der Waals surface area contributed by atoms with Gasteiger partial charge in [0.15, 0.2) is 0 Å². The molecule has 1 atom stereocenters. The highest BCUT2D eigenvalue weighted by Crippen LogP contribution is 2.18. The molecule has 0 aromatic heterocycles. The fraction of sp³-hybridized carbons (Fsp3) is 0.364. The van der Waals surface area contributed by atoms with E-state index in [-0.39, 0.29) is 12.2 Å². The lowest BCUT2D eigenvalue weighted by Crippen LogP contribution is -2.19. The number of methoxy groups -OCH3 is 1. The molecule has 0 aliphatic heterocycles. The predicted molar refractivity (Wildman–Crippen MR) is 59.8 cm³/mol. The van der Waals surface area contributed by atoms with Gasteiger partial charge in [0.1, 0.15) is 6.10 Å². The molecular formula is C11H12FNO5. The molecule has 18 heavy (non-hydrogen) atoms. The maximum atomic E-state index is 13.3. The quantitative estimate of drug-likeness (QED) is 0.457. The van der Waals surface area contributed by atoms with Crippen molar-refractivity contribution in [3.05, 3.63) is 39.7 Å². The van der Waals surface area contributed by atoms with Gasteiger partial charge < -0.3 is 9.47 Å². The molecule has 0 aliphatic rings. The van der Waals surface area contributed by atoms with Crippen LogP contribution < -0.4 is 0 Å². The van der Waals surface area contributed by atoms with Gasteiger partial charge in [-0.15, -0.1) is 0 Å². The van der Waals surface area contributed by atoms with Gasteiger partial charge in [-0.3, -0.25) is 10.1 Å². The van der Waals surface area contributed by atoms with Gasteiger partial charge in [0.05, 0.1) is 17.1 Å². The van der Waals surface area contributed by atoms with Crippen LogP contribution >= 0.6 is 0 Å². The lowest BCUT2D eigenvalue weighted by molar-refractivity contribution is -0.387. The van der Waals surface area contributed by atoms with E-state index in [2.05, 4.69) is 0 Å². The van der Waals surface area contributed by atoms with E-state index in [0.29, 0.717) is 0 Å². The number of carbonyl (C=O) groups excluding carboxylic acids is 1. The normalized spacial score (nSPS) is 11.9. The second-order valence-corrected chi connectivity index (χ2v) is 3.59. The van der Waals surface area contributed by atoms with Crippen molar-refractivity contribution in [1.82, 2.24) is 0 Å². The van der Waals surface area contributed by atoms with Gasteiger partial charge >= 0.3 is 11.7 Å². The number of carbonyl (C=O) groups is 1. The van der Waals surface area contributed by atoms with Crippen molar-refractivity contribution in [2.75, 3.05) is 13.7 Å². The predicted octanol–water partition coefficient (Wildman–Crippen LogP) is 1.93. The van der Waals surface area contributed by atoms with Crippen LogP contribution in [0.2, 0.25) is 0 Å². The fourth-order valence-electron chi connectivity index (χ4n) is 1.30. The Morgan fingerprint density at radius 2 is 2.22 bits per heavy atom. The van der Waals surface area contributed by atoms with Crippen molar-refractivity contribution in [2.45, 2.75) is 13.0 Å². The van der Waals surface area contributed by atoms with Gasteiger partial charge in [0, 0.05) is 13.2 Å². The third kappa shape index (κ3) is 3.49. The molecule has 0 amide bonds. The number of hydrogen-bond acceptors (Lipinski definition) is 5. The van der Waals surface area contributed by atoms with Crippen molar-refractivity contribution >= 4 is 11.7 Å². The zero-order valence-electron chi connectivity index (χ0n) is 9.88. The highest BCUT2D eigenvalue weighted by atomic mass is 19.1. The summed E-state index contributed by atoms with van der Waals surface area (Å²) in [5.74, 6) is -1.83. The van der Waals surface area contributed by atoms with Gasteiger partial charge in [-0.05, 0) is 19.1 Å². The summed E-state index contributed by atoms with van der Waals surface area (Å²) in [6, 6.07) is 2.84. The van der Waals surface area contributed by atoms with E-state index >= 15 is 0 Å². The van der Waals surface area contributed by atoms with E-state index < -0.39 is 28.5 Å². The minimum Gasteiger partial charge on any atom is -0.457 e. The second kappa shape index (κ2) is 6.06. The van der Waals surface area contributed by atoms with Crippen LogP contribution in [0.25, 0.3) is 0 Å². The summed E-state index contributed by atoms with van der Waals surface area (Å²) in [5.41, 5.74) is -0.766. The molecule has 0 heterocycles. The molecule has 0 N–H and O–H groups in total. The first-order valence-corrected chi connectivity index (χ1v) is 5.09. The lowest BCUT2D eigenvalue weighted by Gasteiger charge is -2.11. The third-order valence-electron chi connectivity index (χ3n) is 2.09. The number of benzene rings is 1. The molecule has 0 bridgehead atoms. The number of hydrogen-bond donors (Lipinski definition) is 0. The molecule has 1 unspecified atom stereocenters. The van der Waals surface area contributed by atoms with Gasteiger partial charge in [-0.2, -0.15) is 4.39 Å². The number of esters is 1. The Labute approximate surface area is 102 Å². The Morgan fingerprint density at radius 3 is 2.72 bits per heavy atom. The molecule has 0 fully saturated rings. The molecule has 7 heteroatoms. The first-order valence-electron chi connectivity index (χ1n) is 5.09. The van der Waals surface area contributed by atoms with Crippen LogP contribution in [0.15, 0.2) is 18.2 Å². The van der Waals surface area contributed by atoms with Crippen molar-refractivity contribution in [3.8, 4) is 0 Å². The summed E-state index contributed by atoms with van der Waals surface area (Å²) in [7, 11) is 1.45. The van der Waals surface area contributed by atoms with Gasteiger partial charge in [-0.25, -0.2) is 4.79 Å². The van der Waals surface area contributed by atoms with E-state index in [0.717, 1.165) is 18.2 Å². The molecule has 0 spiro atoms. The zero-order valence-corrected chi connectivity index (χ0v) is 9.88. The fourth-order valence-corrected chi connectivity index (χ4v) is 1.30. The number of nitro benzene ring substituents is 1. The molecular weight excluding hydrogens is 245 g/mol. The monoisotopic (exact) mass is 257 g/mol. The summed E-state index contributed by atoms with van der Waals surface area (Å²) in [5, 5.41) is 10.4. The van der Waals surface area contributed by atoms with E-state index in [1.165, 1.54) is 7.11 Å². The van der Waals surface area contributed by atoms with Crippen molar-refractivity contribution in [1.29, 1.82) is 0 Å². The highest BCUT2D eigenvalue weighted by molar-refractivity contribution is 5.89. The Bertz CT molecular complexity index is 463. The van der Waals surface area contributed by atoms with Gasteiger partial charge in [0.2, 0.25) is 5.82 Å². The van der Waals surface area contributed by atoms with E-state index in [4.69, 9.17) is 9.47 Å². The van der Waals surface area contributed by atoms with Crippen LogP contribution in [0.4, 0.5) is 10.1 Å². The maximum Gasteiger partial charge on any atom is 0.338 e. The van der Waals surface area contributed by atoms with E-state index in [1.54, 1.807) is 6.92 Å². The maximum absolute atomic E-state index is 13.3. The average Bonchev–Trinajstić information content (AvgIpc) is 2.28. The molecule has 0 saturated heterocycles. The Hall–Kier alpha value is -2.02. The molecule has 6 nitrogen and oxygen atoms in total. The molecule has 1 aromatic rings. The first kappa shape index (κ1) is 14.0. The standard InChI is InChI=1S/C11H12FNO5/c1-7(6-17-2)18-11(14)8-3-4-10(13(15)16)9(12)5-8/h3-5,7H,6H2,1-2H3. The number of ether oxygens (including phenoxy) is 2. The summed E-state index contributed by atoms with van der Waals surface area (Å²) < 4.78 is 23.0. The summed E-state index contributed by atoms with van der Waals surface area (Å²) in [6.07, 6.45) is -0.485. The SMILES string of the molecule is COCC(C)OC(=O)c1ccc([N+](=O)[O-])c(F)c1. The molecule has 1 rings (SSSR count). The zero-order chi connectivity index (χ0) is 13.7. The number of nitro groups is 1. The van der Waals surface area contributed by atoms with E-state index in [9.17, 15) is 19.3 Å². The summed E-state index contributed by atoms with van der Waals surface area (Å²) in [6.45, 7) is 1.82. The molecule has 98 valence electrons. The van der Waals surface area contributed by atoms with Crippen LogP contribution in [0, 0.1) is 15.9 Å². The molecule has 0 aliphatic carbocycles. The van der Waals surface area contributed by atoms with Crippen LogP contribution in [0.1, 0.15) is 17.3 Å². The average molecular weight is 257 g/mol. The third-order valence-corrected chi connectivity index (χ3v) is 2.09. The van der Waals surface area contributed by atoms with Gasteiger partial charge in [0.25, 0.3) is 0 Å². The Balaban J connectivity index is 2.81. The topological polar surface area (TPSA) is 78.7 Å². The molecule has 1 aromatic carbocycles. The smallest absolute Gasteiger partial charge is 0.338 e. The summed E-state index contributed by atoms with van der Waals surface area (Å²) >= 11 is 0. The largest absolute Gasteiger partial charge is 0.457 e. The molecule has 0 saturated carbocycles.